The summed E-state index contributed by atoms with van der Waals surface area (Å²) in [6, 6.07) is 21.9. The number of carboxylic acid groups (broad SMARTS) is 1. The normalized spacial score (nSPS) is 15.6. The van der Waals surface area contributed by atoms with Crippen LogP contribution in [0.1, 0.15) is 49.3 Å². The van der Waals surface area contributed by atoms with Gasteiger partial charge in [-0.2, -0.15) is 0 Å². The van der Waals surface area contributed by atoms with E-state index < -0.39 is 28.8 Å². The van der Waals surface area contributed by atoms with Crippen molar-refractivity contribution in [2.24, 2.45) is 11.1 Å². The van der Waals surface area contributed by atoms with Gasteiger partial charge in [0.1, 0.15) is 12.4 Å². The minimum atomic E-state index is -2.33. The fraction of sp³-hybridized carbons (Fsp3) is 0.286. The van der Waals surface area contributed by atoms with E-state index in [-0.39, 0.29) is 18.3 Å². The van der Waals surface area contributed by atoms with Crippen LogP contribution in [0, 0.1) is 5.41 Å². The number of phenolic OH excluding ortho intramolecular Hbond substituents is 1. The Hall–Kier alpha value is -3.64. The highest BCUT2D eigenvalue weighted by Crippen LogP contribution is 2.46. The van der Waals surface area contributed by atoms with E-state index in [9.17, 15) is 19.8 Å². The van der Waals surface area contributed by atoms with Crippen molar-refractivity contribution >= 4 is 11.9 Å². The first kappa shape index (κ1) is 23.5. The molecule has 176 valence electrons. The largest absolute Gasteiger partial charge is 0.508 e. The Kier molecular flexibility index (Phi) is 5.96. The van der Waals surface area contributed by atoms with Crippen molar-refractivity contribution in [1.29, 1.82) is 0 Å². The Balaban J connectivity index is 1.67. The van der Waals surface area contributed by atoms with Crippen LogP contribution < -0.4 is 5.73 Å². The molecule has 0 spiro atoms. The molecule has 1 aliphatic carbocycles. The number of aliphatic carboxylic acids is 1. The van der Waals surface area contributed by atoms with Gasteiger partial charge in [0, 0.05) is 11.8 Å². The monoisotopic (exact) mass is 459 g/mol. The molecule has 6 heteroatoms. The summed E-state index contributed by atoms with van der Waals surface area (Å²) in [6.07, 6.45) is 0. The summed E-state index contributed by atoms with van der Waals surface area (Å²) in [5.41, 5.74) is 8.14. The number of aromatic hydroxyl groups is 1. The average Bonchev–Trinajstić information content (AvgIpc) is 3.11. The molecule has 3 aromatic carbocycles. The average molecular weight is 460 g/mol. The van der Waals surface area contributed by atoms with Gasteiger partial charge in [0.25, 0.3) is 0 Å². The molecule has 6 nitrogen and oxygen atoms in total. The predicted octanol–water partition coefficient (Wildman–Crippen LogP) is 4.66. The lowest BCUT2D eigenvalue weighted by atomic mass is 9.65. The zero-order valence-corrected chi connectivity index (χ0v) is 19.5. The van der Waals surface area contributed by atoms with Gasteiger partial charge >= 0.3 is 11.9 Å². The molecule has 3 aromatic rings. The van der Waals surface area contributed by atoms with Crippen LogP contribution in [-0.2, 0) is 14.3 Å². The highest BCUT2D eigenvalue weighted by Gasteiger charge is 2.55. The molecule has 0 fully saturated rings. The third-order valence-corrected chi connectivity index (χ3v) is 6.58. The zero-order valence-electron chi connectivity index (χ0n) is 19.5. The fourth-order valence-electron chi connectivity index (χ4n) is 5.16. The first-order valence-corrected chi connectivity index (χ1v) is 11.2. The topological polar surface area (TPSA) is 110 Å². The summed E-state index contributed by atoms with van der Waals surface area (Å²) in [4.78, 5) is 25.9. The van der Waals surface area contributed by atoms with Crippen LogP contribution in [0.5, 0.6) is 5.75 Å². The summed E-state index contributed by atoms with van der Waals surface area (Å²) in [5, 5.41) is 19.9. The van der Waals surface area contributed by atoms with Crippen LogP contribution in [0.2, 0.25) is 0 Å². The standard InChI is InChI=1S/C28H29NO5/c1-27(2,3)24(17-12-14-18(30)15-13-17)28(29,25(31)32)26(33)34-16-23-21-10-6-4-8-19(21)20-9-5-7-11-22(20)23/h4-15,23-24,30H,16,29H2,1-3H3,(H,31,32). The maximum Gasteiger partial charge on any atom is 0.338 e. The van der Waals surface area contributed by atoms with Gasteiger partial charge in [-0.3, -0.25) is 0 Å². The highest BCUT2D eigenvalue weighted by molar-refractivity contribution is 6.05. The second kappa shape index (κ2) is 8.61. The summed E-state index contributed by atoms with van der Waals surface area (Å²) in [7, 11) is 0. The second-order valence-electron chi connectivity index (χ2n) is 9.89. The molecule has 0 heterocycles. The molecule has 2 atom stereocenters. The third-order valence-electron chi connectivity index (χ3n) is 6.58. The molecule has 4 rings (SSSR count). The van der Waals surface area contributed by atoms with Crippen LogP contribution in [0.4, 0.5) is 0 Å². The second-order valence-corrected chi connectivity index (χ2v) is 9.89. The maximum atomic E-state index is 13.4. The molecule has 2 unspecified atom stereocenters. The van der Waals surface area contributed by atoms with Crippen LogP contribution in [-0.4, -0.2) is 34.3 Å². The first-order valence-electron chi connectivity index (χ1n) is 11.2. The van der Waals surface area contributed by atoms with Crippen molar-refractivity contribution in [1.82, 2.24) is 0 Å². The molecular weight excluding hydrogens is 430 g/mol. The van der Waals surface area contributed by atoms with Gasteiger partial charge in [-0.15, -0.1) is 0 Å². The number of fused-ring (bicyclic) bond motifs is 3. The Morgan fingerprint density at radius 2 is 1.41 bits per heavy atom. The van der Waals surface area contributed by atoms with Crippen molar-refractivity contribution in [3.8, 4) is 16.9 Å². The van der Waals surface area contributed by atoms with E-state index in [2.05, 4.69) is 0 Å². The Bertz CT molecular complexity index is 1180. The molecule has 0 saturated carbocycles. The third kappa shape index (κ3) is 3.94. The van der Waals surface area contributed by atoms with Gasteiger partial charge in [0.05, 0.1) is 0 Å². The molecule has 0 amide bonds. The number of benzene rings is 3. The maximum absolute atomic E-state index is 13.4. The Labute approximate surface area is 199 Å². The number of carboxylic acids is 1. The van der Waals surface area contributed by atoms with Crippen LogP contribution >= 0.6 is 0 Å². The van der Waals surface area contributed by atoms with Gasteiger partial charge in [0.15, 0.2) is 0 Å². The molecule has 34 heavy (non-hydrogen) atoms. The summed E-state index contributed by atoms with van der Waals surface area (Å²) < 4.78 is 5.69. The van der Waals surface area contributed by atoms with Crippen molar-refractivity contribution in [2.45, 2.75) is 38.1 Å². The lowest BCUT2D eigenvalue weighted by Gasteiger charge is -2.40. The number of carbonyl (C=O) groups excluding carboxylic acids is 1. The first-order chi connectivity index (χ1) is 16.0. The number of hydrogen-bond acceptors (Lipinski definition) is 5. The van der Waals surface area contributed by atoms with Crippen molar-refractivity contribution in [3.63, 3.8) is 0 Å². The van der Waals surface area contributed by atoms with E-state index in [1.165, 1.54) is 12.1 Å². The number of nitrogens with two attached hydrogens (primary N) is 1. The van der Waals surface area contributed by atoms with Crippen molar-refractivity contribution in [3.05, 3.63) is 89.5 Å². The van der Waals surface area contributed by atoms with E-state index in [0.717, 1.165) is 22.3 Å². The van der Waals surface area contributed by atoms with Crippen LogP contribution in [0.15, 0.2) is 72.8 Å². The molecular formula is C28H29NO5. The number of phenols is 1. The van der Waals surface area contributed by atoms with E-state index >= 15 is 0 Å². The fourth-order valence-corrected chi connectivity index (χ4v) is 5.16. The van der Waals surface area contributed by atoms with Crippen LogP contribution in [0.3, 0.4) is 0 Å². The number of rotatable bonds is 6. The van der Waals surface area contributed by atoms with Gasteiger partial charge in [-0.05, 0) is 45.4 Å². The van der Waals surface area contributed by atoms with E-state index in [4.69, 9.17) is 10.5 Å². The molecule has 4 N–H and O–H groups in total. The Morgan fingerprint density at radius 3 is 1.88 bits per heavy atom. The molecule has 0 radical (unpaired) electrons. The minimum Gasteiger partial charge on any atom is -0.508 e. The Morgan fingerprint density at radius 1 is 0.912 bits per heavy atom. The number of hydrogen-bond donors (Lipinski definition) is 3. The smallest absolute Gasteiger partial charge is 0.338 e. The minimum absolute atomic E-state index is 0.0223. The van der Waals surface area contributed by atoms with Crippen molar-refractivity contribution in [2.75, 3.05) is 6.61 Å². The van der Waals surface area contributed by atoms with Gasteiger partial charge in [-0.25, -0.2) is 9.59 Å². The SMILES string of the molecule is CC(C)(C)C(c1ccc(O)cc1)C(N)(C(=O)O)C(=O)OCC1c2ccccc2-c2ccccc21. The quantitative estimate of drug-likeness (QED) is 0.365. The molecule has 0 bridgehead atoms. The van der Waals surface area contributed by atoms with E-state index in [1.807, 2.05) is 69.3 Å². The number of carbonyl (C=O) groups is 2. The molecule has 0 aromatic heterocycles. The lowest BCUT2D eigenvalue weighted by molar-refractivity contribution is -0.164. The lowest BCUT2D eigenvalue weighted by Crippen LogP contribution is -2.62. The van der Waals surface area contributed by atoms with E-state index in [1.54, 1.807) is 12.1 Å². The summed E-state index contributed by atoms with van der Waals surface area (Å²) >= 11 is 0. The number of esters is 1. The molecule has 0 aliphatic heterocycles. The van der Waals surface area contributed by atoms with E-state index in [0.29, 0.717) is 5.56 Å². The van der Waals surface area contributed by atoms with Crippen molar-refractivity contribution < 1.29 is 24.5 Å². The van der Waals surface area contributed by atoms with Gasteiger partial charge in [0.2, 0.25) is 5.54 Å². The number of ether oxygens (including phenoxy) is 1. The molecule has 0 saturated heterocycles. The summed E-state index contributed by atoms with van der Waals surface area (Å²) in [6.45, 7) is 5.45. The molecule has 1 aliphatic rings. The van der Waals surface area contributed by atoms with Crippen LogP contribution in [0.25, 0.3) is 11.1 Å². The van der Waals surface area contributed by atoms with Gasteiger partial charge in [-0.1, -0.05) is 81.4 Å². The van der Waals surface area contributed by atoms with Gasteiger partial charge < -0.3 is 20.7 Å². The summed E-state index contributed by atoms with van der Waals surface area (Å²) in [5.74, 6) is -3.53. The highest BCUT2D eigenvalue weighted by atomic mass is 16.5. The predicted molar refractivity (Wildman–Crippen MR) is 130 cm³/mol. The zero-order chi connectivity index (χ0) is 24.7.